The van der Waals surface area contributed by atoms with Gasteiger partial charge in [0, 0.05) is 44.8 Å². The normalized spacial score (nSPS) is 15.9. The zero-order valence-corrected chi connectivity index (χ0v) is 12.4. The van der Waals surface area contributed by atoms with Crippen LogP contribution in [-0.2, 0) is 17.9 Å². The molecule has 2 rings (SSSR count). The molecule has 0 saturated carbocycles. The highest BCUT2D eigenvalue weighted by Crippen LogP contribution is 2.21. The van der Waals surface area contributed by atoms with E-state index in [1.807, 2.05) is 12.1 Å². The molecular weight excluding hydrogens is 270 g/mol. The second-order valence-corrected chi connectivity index (χ2v) is 5.17. The summed E-state index contributed by atoms with van der Waals surface area (Å²) < 4.78 is 5.41. The van der Waals surface area contributed by atoms with Crippen molar-refractivity contribution in [2.45, 2.75) is 13.1 Å². The number of carbonyl (C=O) groups is 1. The Morgan fingerprint density at radius 3 is 2.86 bits per heavy atom. The highest BCUT2D eigenvalue weighted by molar-refractivity contribution is 5.69. The zero-order chi connectivity index (χ0) is 15.1. The number of aliphatic carboxylic acids is 1. The Labute approximate surface area is 125 Å². The van der Waals surface area contributed by atoms with E-state index in [-0.39, 0.29) is 6.54 Å². The Hall–Kier alpha value is -1.63. The molecule has 0 radical (unpaired) electrons. The Balaban J connectivity index is 1.96. The van der Waals surface area contributed by atoms with Gasteiger partial charge in [0.05, 0.1) is 13.7 Å². The van der Waals surface area contributed by atoms with Crippen molar-refractivity contribution in [2.24, 2.45) is 0 Å². The fourth-order valence-corrected chi connectivity index (χ4v) is 2.46. The van der Waals surface area contributed by atoms with Crippen LogP contribution in [-0.4, -0.2) is 55.8 Å². The van der Waals surface area contributed by atoms with Crippen LogP contribution in [0.1, 0.15) is 11.1 Å². The average Bonchev–Trinajstić information content (AvgIpc) is 2.49. The molecule has 6 nitrogen and oxygen atoms in total. The first-order chi connectivity index (χ1) is 10.2. The maximum Gasteiger partial charge on any atom is 0.317 e. The Bertz CT molecular complexity index is 473. The first kappa shape index (κ1) is 15.8. The molecule has 21 heavy (non-hydrogen) atoms. The SMILES string of the molecule is COc1cc(CN2CCNCC2)ccc1CNCC(=O)O. The summed E-state index contributed by atoms with van der Waals surface area (Å²) in [4.78, 5) is 12.9. The summed E-state index contributed by atoms with van der Waals surface area (Å²) in [7, 11) is 1.64. The molecule has 0 atom stereocenters. The van der Waals surface area contributed by atoms with E-state index in [9.17, 15) is 4.79 Å². The van der Waals surface area contributed by atoms with Gasteiger partial charge in [-0.1, -0.05) is 12.1 Å². The summed E-state index contributed by atoms with van der Waals surface area (Å²) in [5, 5.41) is 14.9. The third kappa shape index (κ3) is 5.00. The number of carboxylic acid groups (broad SMARTS) is 1. The first-order valence-corrected chi connectivity index (χ1v) is 7.20. The van der Waals surface area contributed by atoms with Crippen molar-refractivity contribution >= 4 is 5.97 Å². The lowest BCUT2D eigenvalue weighted by Gasteiger charge is -2.27. The summed E-state index contributed by atoms with van der Waals surface area (Å²) >= 11 is 0. The number of methoxy groups -OCH3 is 1. The molecule has 6 heteroatoms. The number of benzene rings is 1. The molecule has 1 aromatic carbocycles. The van der Waals surface area contributed by atoms with Crippen molar-refractivity contribution in [1.82, 2.24) is 15.5 Å². The van der Waals surface area contributed by atoms with Crippen LogP contribution in [0.15, 0.2) is 18.2 Å². The van der Waals surface area contributed by atoms with Gasteiger partial charge in [-0.15, -0.1) is 0 Å². The van der Waals surface area contributed by atoms with E-state index in [0.717, 1.165) is 44.0 Å². The third-order valence-corrected chi connectivity index (χ3v) is 3.56. The van der Waals surface area contributed by atoms with Gasteiger partial charge < -0.3 is 20.5 Å². The smallest absolute Gasteiger partial charge is 0.317 e. The number of carboxylic acids is 1. The number of rotatable bonds is 7. The monoisotopic (exact) mass is 293 g/mol. The molecule has 0 aromatic heterocycles. The van der Waals surface area contributed by atoms with E-state index in [4.69, 9.17) is 9.84 Å². The van der Waals surface area contributed by atoms with E-state index in [2.05, 4.69) is 21.6 Å². The number of nitrogens with zero attached hydrogens (tertiary/aromatic N) is 1. The van der Waals surface area contributed by atoms with Crippen molar-refractivity contribution in [3.8, 4) is 5.75 Å². The fraction of sp³-hybridized carbons (Fsp3) is 0.533. The minimum absolute atomic E-state index is 0.0499. The number of nitrogens with one attached hydrogen (secondary N) is 2. The summed E-state index contributed by atoms with van der Waals surface area (Å²) in [6.07, 6.45) is 0. The molecular formula is C15H23N3O3. The molecule has 0 unspecified atom stereocenters. The highest BCUT2D eigenvalue weighted by atomic mass is 16.5. The summed E-state index contributed by atoms with van der Waals surface area (Å²) in [5.41, 5.74) is 2.19. The van der Waals surface area contributed by atoms with Crippen LogP contribution in [0, 0.1) is 0 Å². The van der Waals surface area contributed by atoms with Crippen LogP contribution >= 0.6 is 0 Å². The van der Waals surface area contributed by atoms with E-state index in [1.54, 1.807) is 7.11 Å². The maximum atomic E-state index is 10.5. The van der Waals surface area contributed by atoms with Gasteiger partial charge in [0.25, 0.3) is 0 Å². The van der Waals surface area contributed by atoms with Crippen LogP contribution in [0.25, 0.3) is 0 Å². The first-order valence-electron chi connectivity index (χ1n) is 7.20. The molecule has 0 bridgehead atoms. The predicted molar refractivity (Wildman–Crippen MR) is 80.5 cm³/mol. The van der Waals surface area contributed by atoms with Crippen molar-refractivity contribution in [1.29, 1.82) is 0 Å². The van der Waals surface area contributed by atoms with Gasteiger partial charge in [-0.05, 0) is 11.6 Å². The molecule has 1 saturated heterocycles. The Morgan fingerprint density at radius 1 is 1.43 bits per heavy atom. The van der Waals surface area contributed by atoms with Crippen molar-refractivity contribution < 1.29 is 14.6 Å². The average molecular weight is 293 g/mol. The molecule has 1 aliphatic rings. The standard InChI is InChI=1S/C15H23N3O3/c1-21-14-8-12(11-18-6-4-16-5-7-18)2-3-13(14)9-17-10-15(19)20/h2-3,8,16-17H,4-7,9-11H2,1H3,(H,19,20). The lowest BCUT2D eigenvalue weighted by molar-refractivity contribution is -0.136. The van der Waals surface area contributed by atoms with Gasteiger partial charge in [0.15, 0.2) is 0 Å². The summed E-state index contributed by atoms with van der Waals surface area (Å²) in [6.45, 7) is 5.55. The van der Waals surface area contributed by atoms with Crippen LogP contribution in [0.3, 0.4) is 0 Å². The van der Waals surface area contributed by atoms with Crippen molar-refractivity contribution in [2.75, 3.05) is 39.8 Å². The number of ether oxygens (including phenoxy) is 1. The molecule has 1 aliphatic heterocycles. The van der Waals surface area contributed by atoms with Gasteiger partial charge in [0.1, 0.15) is 5.75 Å². The molecule has 1 aromatic rings. The van der Waals surface area contributed by atoms with Crippen LogP contribution in [0.2, 0.25) is 0 Å². The van der Waals surface area contributed by atoms with E-state index < -0.39 is 5.97 Å². The molecule has 3 N–H and O–H groups in total. The molecule has 0 amide bonds. The number of hydrogen-bond donors (Lipinski definition) is 3. The molecule has 1 heterocycles. The number of hydrogen-bond acceptors (Lipinski definition) is 5. The lowest BCUT2D eigenvalue weighted by atomic mass is 10.1. The quantitative estimate of drug-likeness (QED) is 0.670. The van der Waals surface area contributed by atoms with Gasteiger partial charge in [-0.25, -0.2) is 0 Å². The summed E-state index contributed by atoms with van der Waals surface area (Å²) in [6, 6.07) is 6.13. The second kappa shape index (κ2) is 7.97. The highest BCUT2D eigenvalue weighted by Gasteiger charge is 2.11. The van der Waals surface area contributed by atoms with E-state index in [0.29, 0.717) is 6.54 Å². The Morgan fingerprint density at radius 2 is 2.19 bits per heavy atom. The van der Waals surface area contributed by atoms with Crippen LogP contribution < -0.4 is 15.4 Å². The van der Waals surface area contributed by atoms with Crippen molar-refractivity contribution in [3.63, 3.8) is 0 Å². The number of piperazine rings is 1. The van der Waals surface area contributed by atoms with Gasteiger partial charge in [-0.3, -0.25) is 9.69 Å². The molecule has 116 valence electrons. The molecule has 0 aliphatic carbocycles. The summed E-state index contributed by atoms with van der Waals surface area (Å²) in [5.74, 6) is -0.0511. The maximum absolute atomic E-state index is 10.5. The third-order valence-electron chi connectivity index (χ3n) is 3.56. The van der Waals surface area contributed by atoms with Gasteiger partial charge >= 0.3 is 5.97 Å². The van der Waals surface area contributed by atoms with Crippen LogP contribution in [0.4, 0.5) is 0 Å². The minimum atomic E-state index is -0.857. The van der Waals surface area contributed by atoms with Crippen molar-refractivity contribution in [3.05, 3.63) is 29.3 Å². The zero-order valence-electron chi connectivity index (χ0n) is 12.4. The fourth-order valence-electron chi connectivity index (χ4n) is 2.46. The van der Waals surface area contributed by atoms with Gasteiger partial charge in [-0.2, -0.15) is 0 Å². The van der Waals surface area contributed by atoms with E-state index >= 15 is 0 Å². The largest absolute Gasteiger partial charge is 0.496 e. The molecule has 1 fully saturated rings. The second-order valence-electron chi connectivity index (χ2n) is 5.17. The molecule has 0 spiro atoms. The Kier molecular flexibility index (Phi) is 5.98. The topological polar surface area (TPSA) is 73.8 Å². The predicted octanol–water partition coefficient (Wildman–Crippen LogP) is 0.275. The minimum Gasteiger partial charge on any atom is -0.496 e. The van der Waals surface area contributed by atoms with Crippen LogP contribution in [0.5, 0.6) is 5.75 Å². The van der Waals surface area contributed by atoms with E-state index in [1.165, 1.54) is 5.56 Å². The van der Waals surface area contributed by atoms with Gasteiger partial charge in [0.2, 0.25) is 0 Å². The lowest BCUT2D eigenvalue weighted by Crippen LogP contribution is -2.42.